The number of likely N-dealkylation sites (N-methyl/N-ethyl adjacent to an activating group) is 1. The number of hydrogen-bond donors (Lipinski definition) is 0. The van der Waals surface area contributed by atoms with E-state index >= 15 is 0 Å². The van der Waals surface area contributed by atoms with E-state index in [1.807, 2.05) is 6.92 Å². The van der Waals surface area contributed by atoms with Crippen molar-refractivity contribution in [3.8, 4) is 0 Å². The average Bonchev–Trinajstić information content (AvgIpc) is 2.30. The molecule has 112 valence electrons. The Bertz CT molecular complexity index is 282. The van der Waals surface area contributed by atoms with Crippen LogP contribution in [0.2, 0.25) is 0 Å². The van der Waals surface area contributed by atoms with Gasteiger partial charge in [0.1, 0.15) is 5.78 Å². The van der Waals surface area contributed by atoms with Crippen LogP contribution in [0.3, 0.4) is 0 Å². The Kier molecular flexibility index (Phi) is 6.89. The Morgan fingerprint density at radius 1 is 1.26 bits per heavy atom. The summed E-state index contributed by atoms with van der Waals surface area (Å²) >= 11 is 2.06. The molecule has 0 aromatic rings. The fraction of sp³-hybridized carbons (Fsp3) is 0.938. The number of hydrogen-bond acceptors (Lipinski definition) is 3. The maximum Gasteiger partial charge on any atom is 0.149 e. The fourth-order valence-electron chi connectivity index (χ4n) is 2.85. The maximum absolute atomic E-state index is 12.2. The zero-order chi connectivity index (χ0) is 14.5. The quantitative estimate of drug-likeness (QED) is 0.642. The van der Waals surface area contributed by atoms with E-state index < -0.39 is 0 Å². The van der Waals surface area contributed by atoms with Crippen molar-refractivity contribution in [1.82, 2.24) is 4.90 Å². The molecule has 1 heterocycles. The van der Waals surface area contributed by atoms with Crippen LogP contribution in [0.5, 0.6) is 0 Å². The number of thioether (sulfide) groups is 1. The molecule has 0 amide bonds. The van der Waals surface area contributed by atoms with Crippen LogP contribution in [0.25, 0.3) is 0 Å². The van der Waals surface area contributed by atoms with Gasteiger partial charge in [-0.2, -0.15) is 11.8 Å². The maximum atomic E-state index is 12.2. The van der Waals surface area contributed by atoms with Crippen LogP contribution in [0, 0.1) is 11.3 Å². The van der Waals surface area contributed by atoms with Crippen molar-refractivity contribution in [1.29, 1.82) is 0 Å². The molecule has 1 atom stereocenters. The Morgan fingerprint density at radius 2 is 1.84 bits per heavy atom. The van der Waals surface area contributed by atoms with Gasteiger partial charge in [-0.3, -0.25) is 9.69 Å². The van der Waals surface area contributed by atoms with Crippen molar-refractivity contribution < 1.29 is 4.79 Å². The molecule has 0 radical (unpaired) electrons. The van der Waals surface area contributed by atoms with E-state index in [0.717, 1.165) is 25.4 Å². The predicted molar refractivity (Wildman–Crippen MR) is 85.8 cm³/mol. The number of nitrogens with zero attached hydrogens (tertiary/aromatic N) is 1. The Hall–Kier alpha value is -0.0200. The first kappa shape index (κ1) is 17.0. The summed E-state index contributed by atoms with van der Waals surface area (Å²) in [5.41, 5.74) is 0.394. The Labute approximate surface area is 123 Å². The second-order valence-electron chi connectivity index (χ2n) is 6.32. The zero-order valence-electron chi connectivity index (χ0n) is 13.4. The van der Waals surface area contributed by atoms with Crippen LogP contribution in [-0.2, 0) is 4.79 Å². The predicted octanol–water partition coefficient (Wildman–Crippen LogP) is 3.85. The molecular weight excluding hydrogens is 254 g/mol. The minimum atomic E-state index is 0.145. The van der Waals surface area contributed by atoms with Crippen LogP contribution in [0.4, 0.5) is 0 Å². The highest BCUT2D eigenvalue weighted by Crippen LogP contribution is 2.42. The van der Waals surface area contributed by atoms with Crippen molar-refractivity contribution in [2.75, 3.05) is 24.6 Å². The second-order valence-corrected chi connectivity index (χ2v) is 7.39. The van der Waals surface area contributed by atoms with Gasteiger partial charge in [-0.15, -0.1) is 0 Å². The molecule has 0 spiro atoms. The molecule has 1 fully saturated rings. The summed E-state index contributed by atoms with van der Waals surface area (Å²) in [5.74, 6) is 3.89. The summed E-state index contributed by atoms with van der Waals surface area (Å²) in [6, 6.07) is 0.145. The molecule has 2 nitrogen and oxygen atoms in total. The van der Waals surface area contributed by atoms with E-state index in [1.54, 1.807) is 0 Å². The molecule has 1 aliphatic heterocycles. The molecule has 0 N–H and O–H groups in total. The lowest BCUT2D eigenvalue weighted by atomic mass is 9.75. The van der Waals surface area contributed by atoms with E-state index in [-0.39, 0.29) is 6.04 Å². The molecule has 3 heteroatoms. The highest BCUT2D eigenvalue weighted by molar-refractivity contribution is 8.00. The van der Waals surface area contributed by atoms with E-state index in [2.05, 4.69) is 44.4 Å². The number of Topliss-reactive ketones (excluding diaryl/α,β-unsaturated/α-hetero) is 1. The molecule has 0 aliphatic carbocycles. The topological polar surface area (TPSA) is 20.3 Å². The Balaban J connectivity index is 2.59. The summed E-state index contributed by atoms with van der Waals surface area (Å²) in [5, 5.41) is 0. The van der Waals surface area contributed by atoms with Crippen LogP contribution >= 0.6 is 11.8 Å². The van der Waals surface area contributed by atoms with Crippen molar-refractivity contribution in [3.05, 3.63) is 0 Å². The van der Waals surface area contributed by atoms with Gasteiger partial charge in [-0.1, -0.05) is 34.6 Å². The molecule has 0 unspecified atom stereocenters. The number of rotatable bonds is 9. The molecule has 0 aromatic heterocycles. The Morgan fingerprint density at radius 3 is 2.21 bits per heavy atom. The third kappa shape index (κ3) is 4.49. The monoisotopic (exact) mass is 285 g/mol. The molecular formula is C16H31NOS. The smallest absolute Gasteiger partial charge is 0.149 e. The van der Waals surface area contributed by atoms with Crippen LogP contribution in [0.1, 0.15) is 53.9 Å². The molecule has 1 aliphatic rings. The SMILES string of the molecule is CCC(=O)[C@H](CCC(C)(C)C1CSC1)N(CC)CC. The molecule has 1 rings (SSSR count). The lowest BCUT2D eigenvalue weighted by Gasteiger charge is -2.41. The summed E-state index contributed by atoms with van der Waals surface area (Å²) in [6.45, 7) is 13.0. The van der Waals surface area contributed by atoms with E-state index in [9.17, 15) is 4.79 Å². The van der Waals surface area contributed by atoms with Crippen molar-refractivity contribution in [2.24, 2.45) is 11.3 Å². The van der Waals surface area contributed by atoms with Crippen LogP contribution in [0.15, 0.2) is 0 Å². The zero-order valence-corrected chi connectivity index (χ0v) is 14.2. The first-order valence-electron chi connectivity index (χ1n) is 7.80. The number of carbonyl (C=O) groups is 1. The van der Waals surface area contributed by atoms with Gasteiger partial charge in [-0.25, -0.2) is 0 Å². The number of carbonyl (C=O) groups excluding carboxylic acids is 1. The minimum Gasteiger partial charge on any atom is -0.298 e. The first-order chi connectivity index (χ1) is 8.96. The standard InChI is InChI=1S/C16H31NOS/c1-6-15(18)14(17(7-2)8-3)9-10-16(4,5)13-11-19-12-13/h13-14H,6-12H2,1-5H3/t14-/m0/s1. The molecule has 0 bridgehead atoms. The number of ketones is 1. The van der Waals surface area contributed by atoms with Gasteiger partial charge in [0.2, 0.25) is 0 Å². The van der Waals surface area contributed by atoms with Crippen LogP contribution in [-0.4, -0.2) is 41.3 Å². The normalized spacial score (nSPS) is 18.4. The van der Waals surface area contributed by atoms with Crippen LogP contribution < -0.4 is 0 Å². The van der Waals surface area contributed by atoms with Gasteiger partial charge in [0, 0.05) is 6.42 Å². The molecule has 1 saturated heterocycles. The van der Waals surface area contributed by atoms with E-state index in [4.69, 9.17) is 0 Å². The van der Waals surface area contributed by atoms with Crippen molar-refractivity contribution in [2.45, 2.75) is 59.9 Å². The lowest BCUT2D eigenvalue weighted by molar-refractivity contribution is -0.124. The average molecular weight is 285 g/mol. The molecule has 0 aromatic carbocycles. The van der Waals surface area contributed by atoms with Gasteiger partial charge < -0.3 is 0 Å². The van der Waals surface area contributed by atoms with Gasteiger partial charge in [0.15, 0.2) is 0 Å². The van der Waals surface area contributed by atoms with Gasteiger partial charge in [0.05, 0.1) is 6.04 Å². The minimum absolute atomic E-state index is 0.145. The molecule has 19 heavy (non-hydrogen) atoms. The second kappa shape index (κ2) is 7.68. The van der Waals surface area contributed by atoms with Crippen molar-refractivity contribution >= 4 is 17.5 Å². The molecule has 0 saturated carbocycles. The highest BCUT2D eigenvalue weighted by Gasteiger charge is 2.35. The van der Waals surface area contributed by atoms with Gasteiger partial charge in [-0.05, 0) is 48.8 Å². The van der Waals surface area contributed by atoms with E-state index in [0.29, 0.717) is 17.6 Å². The third-order valence-corrected chi connectivity index (χ3v) is 6.05. The third-order valence-electron chi connectivity index (χ3n) is 4.78. The summed E-state index contributed by atoms with van der Waals surface area (Å²) in [4.78, 5) is 14.5. The summed E-state index contributed by atoms with van der Waals surface area (Å²) in [7, 11) is 0. The first-order valence-corrected chi connectivity index (χ1v) is 8.96. The van der Waals surface area contributed by atoms with E-state index in [1.165, 1.54) is 17.9 Å². The highest BCUT2D eigenvalue weighted by atomic mass is 32.2. The fourth-order valence-corrected chi connectivity index (χ4v) is 4.22. The largest absolute Gasteiger partial charge is 0.298 e. The summed E-state index contributed by atoms with van der Waals surface area (Å²) < 4.78 is 0. The lowest BCUT2D eigenvalue weighted by Crippen LogP contribution is -2.42. The van der Waals surface area contributed by atoms with Gasteiger partial charge >= 0.3 is 0 Å². The van der Waals surface area contributed by atoms with Gasteiger partial charge in [0.25, 0.3) is 0 Å². The summed E-state index contributed by atoms with van der Waals surface area (Å²) in [6.07, 6.45) is 2.87. The van der Waals surface area contributed by atoms with Crippen molar-refractivity contribution in [3.63, 3.8) is 0 Å².